The highest BCUT2D eigenvalue weighted by molar-refractivity contribution is 7.89. The lowest BCUT2D eigenvalue weighted by Gasteiger charge is -2.33. The van der Waals surface area contributed by atoms with Gasteiger partial charge in [-0.05, 0) is 55.5 Å². The van der Waals surface area contributed by atoms with Crippen molar-refractivity contribution in [3.05, 3.63) is 41.5 Å². The number of hydrogen-bond acceptors (Lipinski definition) is 3. The van der Waals surface area contributed by atoms with E-state index in [1.165, 1.54) is 15.9 Å². The second-order valence-electron chi connectivity index (χ2n) is 6.01. The minimum atomic E-state index is -3.47. The number of hydrogen-bond donors (Lipinski definition) is 0. The van der Waals surface area contributed by atoms with Crippen LogP contribution in [0.1, 0.15) is 24.5 Å². The second kappa shape index (κ2) is 6.45. The standard InChI is InChI=1S/C17H22N2O3S/c1-2-4-17(20)18-9-11-19(12-10-18)23(21,22)16-8-7-14-5-3-6-15(14)13-16/h2,4,7-8,13H,3,5-6,9-12H2,1H3/b4-2+. The van der Waals surface area contributed by atoms with Crippen molar-refractivity contribution in [2.45, 2.75) is 31.1 Å². The summed E-state index contributed by atoms with van der Waals surface area (Å²) in [4.78, 5) is 13.9. The van der Waals surface area contributed by atoms with Crippen LogP contribution in [0, 0.1) is 0 Å². The first-order valence-corrected chi connectivity index (χ1v) is 9.50. The average Bonchev–Trinajstić information content (AvgIpc) is 3.03. The Balaban J connectivity index is 1.73. The van der Waals surface area contributed by atoms with Gasteiger partial charge in [-0.3, -0.25) is 4.79 Å². The van der Waals surface area contributed by atoms with Crippen LogP contribution in [0.15, 0.2) is 35.2 Å². The summed E-state index contributed by atoms with van der Waals surface area (Å²) in [5.41, 5.74) is 2.43. The van der Waals surface area contributed by atoms with Crippen LogP contribution >= 0.6 is 0 Å². The van der Waals surface area contributed by atoms with Crippen LogP contribution in [-0.4, -0.2) is 49.7 Å². The van der Waals surface area contributed by atoms with Crippen molar-refractivity contribution in [3.63, 3.8) is 0 Å². The Hall–Kier alpha value is -1.66. The van der Waals surface area contributed by atoms with Gasteiger partial charge in [-0.1, -0.05) is 12.1 Å². The van der Waals surface area contributed by atoms with Crippen molar-refractivity contribution in [1.29, 1.82) is 0 Å². The summed E-state index contributed by atoms with van der Waals surface area (Å²) in [6.07, 6.45) is 6.33. The second-order valence-corrected chi connectivity index (χ2v) is 7.95. The van der Waals surface area contributed by atoms with Crippen molar-refractivity contribution >= 4 is 15.9 Å². The molecule has 1 saturated heterocycles. The number of nitrogens with zero attached hydrogens (tertiary/aromatic N) is 2. The minimum absolute atomic E-state index is 0.0536. The molecule has 0 unspecified atom stereocenters. The average molecular weight is 334 g/mol. The SMILES string of the molecule is C/C=C/C(=O)N1CCN(S(=O)(=O)c2ccc3c(c2)CCC3)CC1. The highest BCUT2D eigenvalue weighted by Gasteiger charge is 2.30. The van der Waals surface area contributed by atoms with E-state index >= 15 is 0 Å². The molecule has 1 aliphatic heterocycles. The first kappa shape index (κ1) is 16.2. The molecule has 3 rings (SSSR count). The summed E-state index contributed by atoms with van der Waals surface area (Å²) < 4.78 is 27.1. The van der Waals surface area contributed by atoms with E-state index < -0.39 is 10.0 Å². The molecule has 6 heteroatoms. The van der Waals surface area contributed by atoms with Gasteiger partial charge in [0.25, 0.3) is 0 Å². The zero-order valence-electron chi connectivity index (χ0n) is 13.4. The van der Waals surface area contributed by atoms with E-state index in [9.17, 15) is 13.2 Å². The first-order valence-electron chi connectivity index (χ1n) is 8.06. The van der Waals surface area contributed by atoms with Gasteiger partial charge >= 0.3 is 0 Å². The summed E-state index contributed by atoms with van der Waals surface area (Å²) in [5, 5.41) is 0. The van der Waals surface area contributed by atoms with Crippen LogP contribution < -0.4 is 0 Å². The molecule has 0 radical (unpaired) electrons. The van der Waals surface area contributed by atoms with E-state index in [0.29, 0.717) is 31.1 Å². The zero-order valence-corrected chi connectivity index (χ0v) is 14.2. The van der Waals surface area contributed by atoms with Gasteiger partial charge in [0.05, 0.1) is 4.90 Å². The van der Waals surface area contributed by atoms with Crippen LogP contribution in [0.3, 0.4) is 0 Å². The molecule has 1 fully saturated rings. The fourth-order valence-electron chi connectivity index (χ4n) is 3.25. The maximum Gasteiger partial charge on any atom is 0.246 e. The van der Waals surface area contributed by atoms with Gasteiger partial charge in [-0.25, -0.2) is 8.42 Å². The molecule has 0 saturated carbocycles. The summed E-state index contributed by atoms with van der Waals surface area (Å²) in [7, 11) is -3.47. The number of amides is 1. The van der Waals surface area contributed by atoms with E-state index in [1.807, 2.05) is 12.1 Å². The van der Waals surface area contributed by atoms with Gasteiger partial charge in [-0.2, -0.15) is 4.31 Å². The van der Waals surface area contributed by atoms with Crippen LogP contribution in [0.25, 0.3) is 0 Å². The van der Waals surface area contributed by atoms with E-state index in [4.69, 9.17) is 0 Å². The molecular weight excluding hydrogens is 312 g/mol. The van der Waals surface area contributed by atoms with Crippen molar-refractivity contribution in [3.8, 4) is 0 Å². The van der Waals surface area contributed by atoms with Gasteiger partial charge in [-0.15, -0.1) is 0 Å². The van der Waals surface area contributed by atoms with Crippen LogP contribution in [0.5, 0.6) is 0 Å². The van der Waals surface area contributed by atoms with Gasteiger partial charge < -0.3 is 4.90 Å². The fourth-order valence-corrected chi connectivity index (χ4v) is 4.73. The predicted molar refractivity (Wildman–Crippen MR) is 88.6 cm³/mol. The number of benzene rings is 1. The molecular formula is C17H22N2O3S. The number of carbonyl (C=O) groups is 1. The summed E-state index contributed by atoms with van der Waals surface area (Å²) in [6.45, 7) is 3.37. The number of carbonyl (C=O) groups excluding carboxylic acids is 1. The molecule has 0 aromatic heterocycles. The molecule has 0 spiro atoms. The number of rotatable bonds is 3. The number of sulfonamides is 1. The van der Waals surface area contributed by atoms with Crippen LogP contribution in [-0.2, 0) is 27.7 Å². The molecule has 2 aliphatic rings. The third-order valence-corrected chi connectivity index (χ3v) is 6.46. The fraction of sp³-hybridized carbons (Fsp3) is 0.471. The normalized spacial score (nSPS) is 19.3. The molecule has 1 heterocycles. The quantitative estimate of drug-likeness (QED) is 0.789. The van der Waals surface area contributed by atoms with Crippen molar-refractivity contribution in [2.24, 2.45) is 0 Å². The molecule has 1 aliphatic carbocycles. The Labute approximate surface area is 137 Å². The predicted octanol–water partition coefficient (Wildman–Crippen LogP) is 1.58. The number of fused-ring (bicyclic) bond motifs is 1. The number of piperazine rings is 1. The van der Waals surface area contributed by atoms with Gasteiger partial charge in [0.15, 0.2) is 0 Å². The minimum Gasteiger partial charge on any atom is -0.337 e. The van der Waals surface area contributed by atoms with E-state index in [-0.39, 0.29) is 5.91 Å². The number of aryl methyl sites for hydroxylation is 2. The van der Waals surface area contributed by atoms with E-state index in [1.54, 1.807) is 24.0 Å². The molecule has 23 heavy (non-hydrogen) atoms. The Morgan fingerprint density at radius 3 is 2.48 bits per heavy atom. The zero-order chi connectivity index (χ0) is 16.4. The molecule has 1 amide bonds. The highest BCUT2D eigenvalue weighted by atomic mass is 32.2. The van der Waals surface area contributed by atoms with Crippen molar-refractivity contribution in [1.82, 2.24) is 9.21 Å². The summed E-state index contributed by atoms with van der Waals surface area (Å²) >= 11 is 0. The largest absolute Gasteiger partial charge is 0.337 e. The van der Waals surface area contributed by atoms with Crippen molar-refractivity contribution < 1.29 is 13.2 Å². The summed E-state index contributed by atoms with van der Waals surface area (Å²) in [6, 6.07) is 5.49. The van der Waals surface area contributed by atoms with Crippen LogP contribution in [0.2, 0.25) is 0 Å². The first-order chi connectivity index (χ1) is 11.0. The molecule has 0 N–H and O–H groups in total. The molecule has 1 aromatic rings. The van der Waals surface area contributed by atoms with Crippen molar-refractivity contribution in [2.75, 3.05) is 26.2 Å². The molecule has 5 nitrogen and oxygen atoms in total. The Morgan fingerprint density at radius 1 is 1.09 bits per heavy atom. The third kappa shape index (κ3) is 3.19. The number of allylic oxidation sites excluding steroid dienone is 1. The third-order valence-electron chi connectivity index (χ3n) is 4.57. The lowest BCUT2D eigenvalue weighted by molar-refractivity contribution is -0.127. The van der Waals surface area contributed by atoms with E-state index in [0.717, 1.165) is 24.8 Å². The van der Waals surface area contributed by atoms with Crippen LogP contribution in [0.4, 0.5) is 0 Å². The lowest BCUT2D eigenvalue weighted by Crippen LogP contribution is -2.50. The molecule has 0 bridgehead atoms. The monoisotopic (exact) mass is 334 g/mol. The lowest BCUT2D eigenvalue weighted by atomic mass is 10.1. The van der Waals surface area contributed by atoms with Gasteiger partial charge in [0, 0.05) is 26.2 Å². The highest BCUT2D eigenvalue weighted by Crippen LogP contribution is 2.26. The molecule has 0 atom stereocenters. The maximum atomic E-state index is 12.8. The molecule has 1 aromatic carbocycles. The van der Waals surface area contributed by atoms with E-state index in [2.05, 4.69) is 0 Å². The van der Waals surface area contributed by atoms with Gasteiger partial charge in [0.2, 0.25) is 15.9 Å². The van der Waals surface area contributed by atoms with Gasteiger partial charge in [0.1, 0.15) is 0 Å². The Morgan fingerprint density at radius 2 is 1.78 bits per heavy atom. The topological polar surface area (TPSA) is 57.7 Å². The Bertz CT molecular complexity index is 732. The smallest absolute Gasteiger partial charge is 0.246 e. The Kier molecular flexibility index (Phi) is 4.55. The molecule has 124 valence electrons. The summed E-state index contributed by atoms with van der Waals surface area (Å²) in [5.74, 6) is -0.0536. The maximum absolute atomic E-state index is 12.8.